The van der Waals surface area contributed by atoms with E-state index in [2.05, 4.69) is 21.2 Å². The number of sulfonamides is 1. The molecule has 39 heavy (non-hydrogen) atoms. The lowest BCUT2D eigenvalue weighted by Crippen LogP contribution is -2.50. The maximum atomic E-state index is 13.9. The van der Waals surface area contributed by atoms with Crippen molar-refractivity contribution in [3.05, 3.63) is 82.3 Å². The molecule has 3 aromatic carbocycles. The Morgan fingerprint density at radius 2 is 1.69 bits per heavy atom. The van der Waals surface area contributed by atoms with Gasteiger partial charge in [0.05, 0.1) is 29.3 Å². The molecule has 0 saturated heterocycles. The molecule has 1 atom stereocenters. The first-order valence-electron chi connectivity index (χ1n) is 12.1. The molecule has 1 N–H and O–H groups in total. The van der Waals surface area contributed by atoms with Crippen LogP contribution in [0.15, 0.2) is 76.1 Å². The van der Waals surface area contributed by atoms with E-state index in [-0.39, 0.29) is 17.3 Å². The lowest BCUT2D eigenvalue weighted by atomic mass is 10.1. The molecular weight excluding hydrogens is 586 g/mol. The molecule has 0 radical (unpaired) electrons. The molecule has 11 heteroatoms. The third-order valence-electron chi connectivity index (χ3n) is 6.21. The normalized spacial score (nSPS) is 11.8. The molecule has 208 valence electrons. The first kappa shape index (κ1) is 30.0. The molecule has 0 aromatic heterocycles. The standard InChI is InChI=1S/C28H32BrN3O6S/c1-19-9-11-22(12-10-19)32(39(35,36)24-13-14-26(38-5)25(29)16-24)18-27(33)31(20(2)28(34)30-3)17-21-7-6-8-23(15-21)37-4/h6-16,20H,17-18H2,1-5H3,(H,30,34)/t20-/m0/s1. The van der Waals surface area contributed by atoms with Gasteiger partial charge in [0, 0.05) is 13.6 Å². The Kier molecular flexibility index (Phi) is 9.98. The number of ether oxygens (including phenoxy) is 2. The van der Waals surface area contributed by atoms with E-state index in [4.69, 9.17) is 9.47 Å². The predicted octanol–water partition coefficient (Wildman–Crippen LogP) is 4.13. The molecule has 3 rings (SSSR count). The maximum absolute atomic E-state index is 13.9. The number of halogens is 1. The van der Waals surface area contributed by atoms with Gasteiger partial charge in [-0.25, -0.2) is 8.42 Å². The van der Waals surface area contributed by atoms with Crippen molar-refractivity contribution in [3.8, 4) is 11.5 Å². The van der Waals surface area contributed by atoms with Crippen molar-refractivity contribution in [1.29, 1.82) is 0 Å². The maximum Gasteiger partial charge on any atom is 0.264 e. The third kappa shape index (κ3) is 7.10. The molecule has 0 aliphatic carbocycles. The summed E-state index contributed by atoms with van der Waals surface area (Å²) in [5.74, 6) is 0.137. The topological polar surface area (TPSA) is 105 Å². The van der Waals surface area contributed by atoms with Gasteiger partial charge in [-0.3, -0.25) is 13.9 Å². The van der Waals surface area contributed by atoms with Crippen LogP contribution in [0, 0.1) is 6.92 Å². The summed E-state index contributed by atoms with van der Waals surface area (Å²) in [5, 5.41) is 2.57. The van der Waals surface area contributed by atoms with Crippen molar-refractivity contribution < 1.29 is 27.5 Å². The molecule has 0 aliphatic rings. The largest absolute Gasteiger partial charge is 0.497 e. The lowest BCUT2D eigenvalue weighted by molar-refractivity contribution is -0.139. The number of amides is 2. The van der Waals surface area contributed by atoms with Gasteiger partial charge in [0.25, 0.3) is 10.0 Å². The molecule has 0 fully saturated rings. The van der Waals surface area contributed by atoms with Gasteiger partial charge in [-0.15, -0.1) is 0 Å². The molecule has 0 spiro atoms. The van der Waals surface area contributed by atoms with Gasteiger partial charge in [0.1, 0.15) is 24.1 Å². The second-order valence-electron chi connectivity index (χ2n) is 8.81. The van der Waals surface area contributed by atoms with E-state index in [1.165, 1.54) is 44.4 Å². The summed E-state index contributed by atoms with van der Waals surface area (Å²) in [6, 6.07) is 17.5. The zero-order chi connectivity index (χ0) is 28.7. The van der Waals surface area contributed by atoms with Gasteiger partial charge < -0.3 is 19.7 Å². The van der Waals surface area contributed by atoms with E-state index in [1.54, 1.807) is 49.4 Å². The fraction of sp³-hybridized carbons (Fsp3) is 0.286. The number of rotatable bonds is 11. The number of aryl methyl sites for hydroxylation is 1. The SMILES string of the molecule is CNC(=O)[C@H](C)N(Cc1cccc(OC)c1)C(=O)CN(c1ccc(C)cc1)S(=O)(=O)c1ccc(OC)c(Br)c1. The van der Waals surface area contributed by atoms with Gasteiger partial charge in [-0.2, -0.15) is 0 Å². The van der Waals surface area contributed by atoms with Crippen LogP contribution >= 0.6 is 15.9 Å². The highest BCUT2D eigenvalue weighted by Gasteiger charge is 2.32. The summed E-state index contributed by atoms with van der Waals surface area (Å²) < 4.78 is 39.9. The summed E-state index contributed by atoms with van der Waals surface area (Å²) >= 11 is 3.34. The zero-order valence-corrected chi connectivity index (χ0v) is 24.9. The van der Waals surface area contributed by atoms with Crippen molar-refractivity contribution in [2.24, 2.45) is 0 Å². The summed E-state index contributed by atoms with van der Waals surface area (Å²) in [7, 11) is 0.306. The van der Waals surface area contributed by atoms with E-state index in [0.717, 1.165) is 15.4 Å². The Hall–Kier alpha value is -3.57. The van der Waals surface area contributed by atoms with Crippen molar-refractivity contribution in [3.63, 3.8) is 0 Å². The van der Waals surface area contributed by atoms with Gasteiger partial charge in [0.2, 0.25) is 11.8 Å². The van der Waals surface area contributed by atoms with Crippen LogP contribution in [0.25, 0.3) is 0 Å². The average Bonchev–Trinajstić information content (AvgIpc) is 2.94. The van der Waals surface area contributed by atoms with Crippen LogP contribution in [0.3, 0.4) is 0 Å². The molecule has 0 bridgehead atoms. The highest BCUT2D eigenvalue weighted by Crippen LogP contribution is 2.31. The number of hydrogen-bond acceptors (Lipinski definition) is 6. The second kappa shape index (κ2) is 13.0. The van der Waals surface area contributed by atoms with Gasteiger partial charge in [-0.1, -0.05) is 29.8 Å². The second-order valence-corrected chi connectivity index (χ2v) is 11.5. The summed E-state index contributed by atoms with van der Waals surface area (Å²) in [6.45, 7) is 3.03. The van der Waals surface area contributed by atoms with Crippen LogP contribution in [-0.2, 0) is 26.2 Å². The first-order chi connectivity index (χ1) is 18.5. The monoisotopic (exact) mass is 617 g/mol. The van der Waals surface area contributed by atoms with E-state index >= 15 is 0 Å². The minimum absolute atomic E-state index is 0.0257. The molecule has 0 unspecified atom stereocenters. The highest BCUT2D eigenvalue weighted by atomic mass is 79.9. The lowest BCUT2D eigenvalue weighted by Gasteiger charge is -2.32. The molecule has 0 saturated carbocycles. The van der Waals surface area contributed by atoms with Crippen LogP contribution < -0.4 is 19.1 Å². The van der Waals surface area contributed by atoms with Crippen LogP contribution in [0.1, 0.15) is 18.1 Å². The van der Waals surface area contributed by atoms with Crippen molar-refractivity contribution >= 4 is 43.5 Å². The van der Waals surface area contributed by atoms with Crippen LogP contribution in [0.5, 0.6) is 11.5 Å². The quantitative estimate of drug-likeness (QED) is 0.347. The van der Waals surface area contributed by atoms with Crippen molar-refractivity contribution in [2.45, 2.75) is 31.3 Å². The number of anilines is 1. The highest BCUT2D eigenvalue weighted by molar-refractivity contribution is 9.10. The van der Waals surface area contributed by atoms with Crippen LogP contribution in [-0.4, -0.2) is 59.0 Å². The number of benzene rings is 3. The summed E-state index contributed by atoms with van der Waals surface area (Å²) in [4.78, 5) is 27.8. The predicted molar refractivity (Wildman–Crippen MR) is 153 cm³/mol. The smallest absolute Gasteiger partial charge is 0.264 e. The Morgan fingerprint density at radius 1 is 1.00 bits per heavy atom. The molecule has 2 amide bonds. The Morgan fingerprint density at radius 3 is 2.28 bits per heavy atom. The van der Waals surface area contributed by atoms with E-state index in [0.29, 0.717) is 21.7 Å². The number of methoxy groups -OCH3 is 2. The van der Waals surface area contributed by atoms with Gasteiger partial charge in [0.15, 0.2) is 0 Å². The fourth-order valence-corrected chi connectivity index (χ4v) is 6.07. The minimum Gasteiger partial charge on any atom is -0.497 e. The number of carbonyl (C=O) groups excluding carboxylic acids is 2. The third-order valence-corrected chi connectivity index (χ3v) is 8.60. The van der Waals surface area contributed by atoms with Crippen molar-refractivity contribution in [2.75, 3.05) is 32.1 Å². The summed E-state index contributed by atoms with van der Waals surface area (Å²) in [6.07, 6.45) is 0. The molecule has 3 aromatic rings. The van der Waals surface area contributed by atoms with Crippen LogP contribution in [0.2, 0.25) is 0 Å². The Balaban J connectivity index is 2.05. The molecular formula is C28H32BrN3O6S. The first-order valence-corrected chi connectivity index (χ1v) is 14.3. The number of carbonyl (C=O) groups is 2. The average molecular weight is 619 g/mol. The van der Waals surface area contributed by atoms with Crippen molar-refractivity contribution in [1.82, 2.24) is 10.2 Å². The summed E-state index contributed by atoms with van der Waals surface area (Å²) in [5.41, 5.74) is 1.97. The molecule has 9 nitrogen and oxygen atoms in total. The zero-order valence-electron chi connectivity index (χ0n) is 22.5. The minimum atomic E-state index is -4.20. The number of nitrogens with one attached hydrogen (secondary N) is 1. The molecule has 0 heterocycles. The number of nitrogens with zero attached hydrogens (tertiary/aromatic N) is 2. The van der Waals surface area contributed by atoms with E-state index in [1.807, 2.05) is 13.0 Å². The van der Waals surface area contributed by atoms with E-state index in [9.17, 15) is 18.0 Å². The number of likely N-dealkylation sites (N-methyl/N-ethyl adjacent to an activating group) is 1. The van der Waals surface area contributed by atoms with Crippen LogP contribution in [0.4, 0.5) is 5.69 Å². The van der Waals surface area contributed by atoms with Gasteiger partial charge >= 0.3 is 0 Å². The van der Waals surface area contributed by atoms with Gasteiger partial charge in [-0.05, 0) is 77.8 Å². The Labute approximate surface area is 237 Å². The Bertz CT molecular complexity index is 1430. The number of hydrogen-bond donors (Lipinski definition) is 1. The molecule has 0 aliphatic heterocycles. The fourth-order valence-electron chi connectivity index (χ4n) is 3.93. The van der Waals surface area contributed by atoms with E-state index < -0.39 is 28.5 Å².